The summed E-state index contributed by atoms with van der Waals surface area (Å²) in [6.45, 7) is 6.47. The van der Waals surface area contributed by atoms with Crippen molar-refractivity contribution in [2.24, 2.45) is 0 Å². The van der Waals surface area contributed by atoms with Gasteiger partial charge in [0.05, 0.1) is 16.7 Å². The number of hydrogen-bond donors (Lipinski definition) is 0. The minimum Gasteiger partial charge on any atom is -0.279 e. The summed E-state index contributed by atoms with van der Waals surface area (Å²) in [7, 11) is 0. The first-order valence-electron chi connectivity index (χ1n) is 6.56. The predicted molar refractivity (Wildman–Crippen MR) is 79.9 cm³/mol. The number of allylic oxidation sites excluding steroid dienone is 2. The minimum absolute atomic E-state index is 0.0481. The van der Waals surface area contributed by atoms with Gasteiger partial charge in [0, 0.05) is 23.8 Å². The van der Waals surface area contributed by atoms with E-state index in [2.05, 4.69) is 6.58 Å². The van der Waals surface area contributed by atoms with Gasteiger partial charge in [0.15, 0.2) is 5.82 Å². The zero-order valence-electron chi connectivity index (χ0n) is 13.1. The molecule has 9 heteroatoms. The second-order valence-electron chi connectivity index (χ2n) is 5.02. The molecule has 1 amide bonds. The Morgan fingerprint density at radius 1 is 1.33 bits per heavy atom. The van der Waals surface area contributed by atoms with Gasteiger partial charge in [-0.15, -0.1) is 0 Å². The van der Waals surface area contributed by atoms with Gasteiger partial charge in [-0.1, -0.05) is 6.58 Å². The Morgan fingerprint density at radius 2 is 1.88 bits per heavy atom. The van der Waals surface area contributed by atoms with Gasteiger partial charge in [-0.25, -0.2) is 4.39 Å². The molecule has 0 unspecified atom stereocenters. The molecule has 0 heterocycles. The maximum absolute atomic E-state index is 14.2. The second kappa shape index (κ2) is 6.81. The first-order valence-corrected chi connectivity index (χ1v) is 6.56. The average Bonchev–Trinajstić information content (AvgIpc) is 2.40. The molecule has 0 bridgehead atoms. The van der Waals surface area contributed by atoms with E-state index in [4.69, 9.17) is 0 Å². The monoisotopic (exact) mass is 346 g/mol. The highest BCUT2D eigenvalue weighted by atomic mass is 19.4. The first kappa shape index (κ1) is 19.3. The smallest absolute Gasteiger partial charge is 0.279 e. The van der Waals surface area contributed by atoms with E-state index in [1.54, 1.807) is 0 Å². The Bertz CT molecular complexity index is 739. The highest BCUT2D eigenvalue weighted by Crippen LogP contribution is 2.32. The van der Waals surface area contributed by atoms with Gasteiger partial charge in [0.1, 0.15) is 0 Å². The maximum atomic E-state index is 14.2. The summed E-state index contributed by atoms with van der Waals surface area (Å²) in [6.07, 6.45) is -4.03. The lowest BCUT2D eigenvalue weighted by atomic mass is 10.1. The van der Waals surface area contributed by atoms with Crippen molar-refractivity contribution in [3.8, 4) is 0 Å². The molecule has 0 atom stereocenters. The van der Waals surface area contributed by atoms with Crippen LogP contribution in [-0.4, -0.2) is 17.0 Å². The van der Waals surface area contributed by atoms with Crippen LogP contribution < -0.4 is 4.90 Å². The third-order valence-electron chi connectivity index (χ3n) is 3.14. The molecule has 24 heavy (non-hydrogen) atoms. The van der Waals surface area contributed by atoms with Crippen LogP contribution in [0.2, 0.25) is 0 Å². The topological polar surface area (TPSA) is 63.5 Å². The number of nitro benzene ring substituents is 1. The van der Waals surface area contributed by atoms with Crippen molar-refractivity contribution < 1.29 is 27.3 Å². The van der Waals surface area contributed by atoms with Crippen LogP contribution in [-0.2, 0) is 4.79 Å². The van der Waals surface area contributed by atoms with E-state index in [1.807, 2.05) is 0 Å². The van der Waals surface area contributed by atoms with Crippen LogP contribution in [0.4, 0.5) is 28.9 Å². The van der Waals surface area contributed by atoms with Crippen molar-refractivity contribution in [3.05, 3.63) is 57.6 Å². The van der Waals surface area contributed by atoms with Gasteiger partial charge >= 0.3 is 6.18 Å². The molecule has 0 aliphatic heterocycles. The van der Waals surface area contributed by atoms with Crippen molar-refractivity contribution in [2.75, 3.05) is 4.90 Å². The zero-order chi connectivity index (χ0) is 18.8. The number of aryl methyl sites for hydroxylation is 1. The van der Waals surface area contributed by atoms with E-state index in [9.17, 15) is 32.5 Å². The lowest BCUT2D eigenvalue weighted by molar-refractivity contribution is -0.385. The summed E-state index contributed by atoms with van der Waals surface area (Å²) >= 11 is 0. The van der Waals surface area contributed by atoms with Gasteiger partial charge in [-0.05, 0) is 26.0 Å². The van der Waals surface area contributed by atoms with Crippen LogP contribution in [0.5, 0.6) is 0 Å². The lowest BCUT2D eigenvalue weighted by Gasteiger charge is -2.23. The molecular formula is C15H14F4N2O3. The molecule has 0 aliphatic carbocycles. The number of benzene rings is 1. The van der Waals surface area contributed by atoms with Gasteiger partial charge in [0.2, 0.25) is 5.91 Å². The molecule has 0 aliphatic rings. The van der Waals surface area contributed by atoms with Gasteiger partial charge in [0.25, 0.3) is 5.69 Å². The Hall–Kier alpha value is -2.71. The number of carbonyl (C=O) groups excluding carboxylic acids is 1. The largest absolute Gasteiger partial charge is 0.412 e. The number of rotatable bonds is 4. The highest BCUT2D eigenvalue weighted by Gasteiger charge is 2.31. The molecule has 0 aromatic heterocycles. The molecular weight excluding hydrogens is 332 g/mol. The normalized spacial score (nSPS) is 12.0. The third-order valence-corrected chi connectivity index (χ3v) is 3.14. The minimum atomic E-state index is -4.63. The molecule has 0 saturated carbocycles. The van der Waals surface area contributed by atoms with Gasteiger partial charge < -0.3 is 0 Å². The number of nitro groups is 1. The quantitative estimate of drug-likeness (QED) is 0.351. The summed E-state index contributed by atoms with van der Waals surface area (Å²) in [5, 5.41) is 10.8. The van der Waals surface area contributed by atoms with E-state index >= 15 is 0 Å². The second-order valence-corrected chi connectivity index (χ2v) is 5.02. The van der Waals surface area contributed by atoms with Crippen molar-refractivity contribution in [2.45, 2.75) is 26.9 Å². The van der Waals surface area contributed by atoms with Crippen LogP contribution in [0, 0.1) is 22.9 Å². The molecule has 0 saturated heterocycles. The fraction of sp³-hybridized carbons (Fsp3) is 0.267. The number of alkyl halides is 3. The first-order chi connectivity index (χ1) is 10.9. The zero-order valence-corrected chi connectivity index (χ0v) is 13.1. The predicted octanol–water partition coefficient (Wildman–Crippen LogP) is 4.42. The summed E-state index contributed by atoms with van der Waals surface area (Å²) in [5.74, 6) is -1.92. The Morgan fingerprint density at radius 3 is 2.29 bits per heavy atom. The van der Waals surface area contributed by atoms with Crippen molar-refractivity contribution in [1.82, 2.24) is 0 Å². The SMILES string of the molecule is C=C(/C=C(\C)C(F)(F)F)N(C(C)=O)c1cc(C)c([N+](=O)[O-])cc1F. The van der Waals surface area contributed by atoms with Crippen LogP contribution in [0.1, 0.15) is 19.4 Å². The molecule has 1 aromatic carbocycles. The number of amides is 1. The summed E-state index contributed by atoms with van der Waals surface area (Å²) in [6, 6.07) is 1.62. The van der Waals surface area contributed by atoms with Crippen LogP contribution >= 0.6 is 0 Å². The summed E-state index contributed by atoms with van der Waals surface area (Å²) < 4.78 is 51.9. The highest BCUT2D eigenvalue weighted by molar-refractivity contribution is 5.95. The molecule has 1 aromatic rings. The standard InChI is InChI=1S/C15H14F4N2O3/c1-8-5-14(12(16)7-13(8)21(23)24)20(11(4)22)10(3)6-9(2)15(17,18)19/h5-7H,3H2,1-2,4H3/b9-6+. The number of anilines is 1. The number of nitrogens with zero attached hydrogens (tertiary/aromatic N) is 2. The fourth-order valence-corrected chi connectivity index (χ4v) is 1.95. The van der Waals surface area contributed by atoms with E-state index in [0.29, 0.717) is 17.0 Å². The summed E-state index contributed by atoms with van der Waals surface area (Å²) in [4.78, 5) is 22.4. The number of carbonyl (C=O) groups is 1. The van der Waals surface area contributed by atoms with E-state index in [1.165, 1.54) is 6.92 Å². The molecule has 5 nitrogen and oxygen atoms in total. The van der Waals surface area contributed by atoms with Crippen molar-refractivity contribution in [3.63, 3.8) is 0 Å². The Labute approximate surface area is 135 Å². The van der Waals surface area contributed by atoms with E-state index in [-0.39, 0.29) is 5.56 Å². The molecule has 130 valence electrons. The van der Waals surface area contributed by atoms with Crippen LogP contribution in [0.15, 0.2) is 36.1 Å². The van der Waals surface area contributed by atoms with E-state index in [0.717, 1.165) is 19.9 Å². The van der Waals surface area contributed by atoms with Gasteiger partial charge in [-0.2, -0.15) is 13.2 Å². The van der Waals surface area contributed by atoms with Crippen LogP contribution in [0.3, 0.4) is 0 Å². The van der Waals surface area contributed by atoms with Crippen LogP contribution in [0.25, 0.3) is 0 Å². The van der Waals surface area contributed by atoms with E-state index < -0.39 is 45.5 Å². The van der Waals surface area contributed by atoms with Crippen molar-refractivity contribution >= 4 is 17.3 Å². The Balaban J connectivity index is 3.43. The summed E-state index contributed by atoms with van der Waals surface area (Å²) in [5.41, 5.74) is -2.32. The molecule has 1 rings (SSSR count). The van der Waals surface area contributed by atoms with Crippen molar-refractivity contribution in [1.29, 1.82) is 0 Å². The average molecular weight is 346 g/mol. The lowest BCUT2D eigenvalue weighted by Crippen LogP contribution is -2.28. The fourth-order valence-electron chi connectivity index (χ4n) is 1.95. The van der Waals surface area contributed by atoms with Gasteiger partial charge in [-0.3, -0.25) is 19.8 Å². The molecule has 0 radical (unpaired) electrons. The number of hydrogen-bond acceptors (Lipinski definition) is 3. The number of halogens is 4. The molecule has 0 fully saturated rings. The Kier molecular flexibility index (Phi) is 5.49. The molecule has 0 N–H and O–H groups in total. The molecule has 0 spiro atoms. The third kappa shape index (κ3) is 4.18. The maximum Gasteiger partial charge on any atom is 0.412 e.